The molecule has 0 saturated carbocycles. The third kappa shape index (κ3) is 4.01. The van der Waals surface area contributed by atoms with Gasteiger partial charge >= 0.3 is 0 Å². The van der Waals surface area contributed by atoms with Gasteiger partial charge in [-0.2, -0.15) is 8.42 Å². The number of sulfonamides is 1. The topological polar surface area (TPSA) is 87.6 Å². The zero-order chi connectivity index (χ0) is 16.3. The number of amides is 1. The minimum atomic E-state index is -3.71. The summed E-state index contributed by atoms with van der Waals surface area (Å²) in [5.74, 6) is -0.0244. The van der Waals surface area contributed by atoms with E-state index in [0.717, 1.165) is 23.7 Å². The van der Waals surface area contributed by atoms with Crippen LogP contribution in [0.1, 0.15) is 25.8 Å². The van der Waals surface area contributed by atoms with Gasteiger partial charge in [0, 0.05) is 6.04 Å². The number of nitrogens with one attached hydrogen (secondary N) is 2. The van der Waals surface area contributed by atoms with E-state index in [2.05, 4.69) is 15.0 Å². The van der Waals surface area contributed by atoms with Gasteiger partial charge in [-0.15, -0.1) is 4.40 Å². The van der Waals surface area contributed by atoms with E-state index in [1.165, 1.54) is 6.07 Å². The van der Waals surface area contributed by atoms with Gasteiger partial charge in [0.05, 0.1) is 11.4 Å². The number of thioether (sulfide) groups is 1. The van der Waals surface area contributed by atoms with E-state index < -0.39 is 10.0 Å². The first-order valence-corrected chi connectivity index (χ1v) is 9.39. The van der Waals surface area contributed by atoms with Crippen molar-refractivity contribution >= 4 is 38.5 Å². The third-order valence-corrected chi connectivity index (χ3v) is 5.54. The summed E-state index contributed by atoms with van der Waals surface area (Å²) in [6.07, 6.45) is 0.844. The van der Waals surface area contributed by atoms with Crippen LogP contribution in [0.3, 0.4) is 0 Å². The number of amidine groups is 1. The highest BCUT2D eigenvalue weighted by molar-refractivity contribution is 8.15. The Labute approximate surface area is 134 Å². The molecule has 120 valence electrons. The highest BCUT2D eigenvalue weighted by Gasteiger charge is 2.25. The number of nitrogens with zero attached hydrogens (tertiary/aromatic N) is 1. The zero-order valence-electron chi connectivity index (χ0n) is 12.7. The molecule has 0 radical (unpaired) electrons. The summed E-state index contributed by atoms with van der Waals surface area (Å²) < 4.78 is 28.0. The van der Waals surface area contributed by atoms with E-state index in [1.807, 2.05) is 20.8 Å². The van der Waals surface area contributed by atoms with Gasteiger partial charge < -0.3 is 10.6 Å². The molecule has 8 heteroatoms. The first kappa shape index (κ1) is 16.8. The molecule has 22 heavy (non-hydrogen) atoms. The van der Waals surface area contributed by atoms with Crippen LogP contribution in [0, 0.1) is 6.92 Å². The van der Waals surface area contributed by atoms with Crippen molar-refractivity contribution in [2.75, 3.05) is 11.1 Å². The molecule has 1 aromatic rings. The van der Waals surface area contributed by atoms with Gasteiger partial charge in [0.25, 0.3) is 10.0 Å². The molecule has 1 heterocycles. The maximum Gasteiger partial charge on any atom is 0.286 e. The Hall–Kier alpha value is -1.54. The second kappa shape index (κ2) is 6.70. The number of fused-ring (bicyclic) bond motifs is 1. The van der Waals surface area contributed by atoms with Crippen molar-refractivity contribution in [2.45, 2.75) is 38.1 Å². The molecule has 0 aliphatic carbocycles. The minimum absolute atomic E-state index is 0.0986. The lowest BCUT2D eigenvalue weighted by Crippen LogP contribution is -2.34. The van der Waals surface area contributed by atoms with Crippen molar-refractivity contribution in [3.63, 3.8) is 0 Å². The van der Waals surface area contributed by atoms with Crippen molar-refractivity contribution in [3.05, 3.63) is 23.8 Å². The Morgan fingerprint density at radius 3 is 2.86 bits per heavy atom. The fourth-order valence-electron chi connectivity index (χ4n) is 1.88. The van der Waals surface area contributed by atoms with Crippen LogP contribution in [-0.4, -0.2) is 31.3 Å². The molecule has 1 aliphatic heterocycles. The third-order valence-electron chi connectivity index (χ3n) is 3.22. The lowest BCUT2D eigenvalue weighted by atomic mass is 10.2. The summed E-state index contributed by atoms with van der Waals surface area (Å²) in [5, 5.41) is 6.02. The molecule has 1 unspecified atom stereocenters. The van der Waals surface area contributed by atoms with Crippen molar-refractivity contribution in [1.29, 1.82) is 0 Å². The van der Waals surface area contributed by atoms with E-state index >= 15 is 0 Å². The Balaban J connectivity index is 2.08. The fourth-order valence-corrected chi connectivity index (χ4v) is 3.91. The molecule has 6 nitrogen and oxygen atoms in total. The molecule has 1 aromatic carbocycles. The smallest absolute Gasteiger partial charge is 0.286 e. The van der Waals surface area contributed by atoms with Gasteiger partial charge in [-0.25, -0.2) is 0 Å². The fraction of sp³-hybridized carbons (Fsp3) is 0.429. The number of anilines is 1. The van der Waals surface area contributed by atoms with Crippen molar-refractivity contribution < 1.29 is 13.2 Å². The first-order valence-electron chi connectivity index (χ1n) is 6.96. The number of carbonyl (C=O) groups is 1. The predicted octanol–water partition coefficient (Wildman–Crippen LogP) is 2.11. The van der Waals surface area contributed by atoms with Gasteiger partial charge in [-0.1, -0.05) is 24.8 Å². The highest BCUT2D eigenvalue weighted by Crippen LogP contribution is 2.30. The van der Waals surface area contributed by atoms with Gasteiger partial charge in [-0.3, -0.25) is 4.79 Å². The van der Waals surface area contributed by atoms with Crippen LogP contribution in [0.4, 0.5) is 5.69 Å². The molecule has 1 aliphatic rings. The van der Waals surface area contributed by atoms with Crippen LogP contribution in [-0.2, 0) is 14.8 Å². The summed E-state index contributed by atoms with van der Waals surface area (Å²) in [5.41, 5.74) is 1.45. The zero-order valence-corrected chi connectivity index (χ0v) is 14.3. The van der Waals surface area contributed by atoms with E-state index in [0.29, 0.717) is 5.69 Å². The maximum absolute atomic E-state index is 12.1. The second-order valence-electron chi connectivity index (χ2n) is 5.16. The number of rotatable bonds is 4. The molecular weight excluding hydrogens is 322 g/mol. The lowest BCUT2D eigenvalue weighted by Gasteiger charge is -2.18. The normalized spacial score (nSPS) is 17.0. The number of aryl methyl sites for hydroxylation is 1. The standard InChI is InChI=1S/C14H19N3O3S2/c1-4-10(3)15-13(18)8-21-14-16-11-7-9(2)5-6-12(11)22(19,20)17-14/h5-7,10H,4,8H2,1-3H3,(H,15,18)(H,16,17). The molecule has 0 saturated heterocycles. The van der Waals surface area contributed by atoms with Crippen molar-refractivity contribution in [1.82, 2.24) is 5.32 Å². The molecule has 2 N–H and O–H groups in total. The number of hydrogen-bond donors (Lipinski definition) is 2. The van der Waals surface area contributed by atoms with Gasteiger partial charge in [0.2, 0.25) is 5.91 Å². The quantitative estimate of drug-likeness (QED) is 0.876. The Morgan fingerprint density at radius 1 is 1.45 bits per heavy atom. The van der Waals surface area contributed by atoms with Crippen LogP contribution in [0.5, 0.6) is 0 Å². The van der Waals surface area contributed by atoms with E-state index in [1.54, 1.807) is 12.1 Å². The average molecular weight is 341 g/mol. The van der Waals surface area contributed by atoms with Crippen LogP contribution < -0.4 is 10.6 Å². The van der Waals surface area contributed by atoms with Crippen LogP contribution in [0.25, 0.3) is 0 Å². The van der Waals surface area contributed by atoms with Gasteiger partial charge in [-0.05, 0) is 38.0 Å². The molecule has 1 atom stereocenters. The van der Waals surface area contributed by atoms with E-state index in [4.69, 9.17) is 0 Å². The molecule has 0 bridgehead atoms. The number of carbonyl (C=O) groups excluding carboxylic acids is 1. The summed E-state index contributed by atoms with van der Waals surface area (Å²) in [6.45, 7) is 5.78. The Kier molecular flexibility index (Phi) is 5.12. The SMILES string of the molecule is CCC(C)NC(=O)CSC1=NS(=O)(=O)c2ccc(C)cc2N1. The van der Waals surface area contributed by atoms with Crippen LogP contribution >= 0.6 is 11.8 Å². The van der Waals surface area contributed by atoms with E-state index in [9.17, 15) is 13.2 Å². The summed E-state index contributed by atoms with van der Waals surface area (Å²) >= 11 is 1.08. The second-order valence-corrected chi connectivity index (χ2v) is 7.70. The lowest BCUT2D eigenvalue weighted by molar-refractivity contribution is -0.119. The molecule has 1 amide bonds. The molecule has 2 rings (SSSR count). The summed E-state index contributed by atoms with van der Waals surface area (Å²) in [7, 11) is -3.71. The molecular formula is C14H19N3O3S2. The Bertz CT molecular complexity index is 714. The van der Waals surface area contributed by atoms with Gasteiger partial charge in [0.1, 0.15) is 4.90 Å². The molecule has 0 aromatic heterocycles. The maximum atomic E-state index is 12.1. The monoisotopic (exact) mass is 341 g/mol. The summed E-state index contributed by atoms with van der Waals surface area (Å²) in [4.78, 5) is 11.9. The summed E-state index contributed by atoms with van der Waals surface area (Å²) in [6, 6.07) is 5.11. The molecule has 0 spiro atoms. The first-order chi connectivity index (χ1) is 10.3. The van der Waals surface area contributed by atoms with Crippen LogP contribution in [0.2, 0.25) is 0 Å². The minimum Gasteiger partial charge on any atom is -0.353 e. The largest absolute Gasteiger partial charge is 0.353 e. The Morgan fingerprint density at radius 2 is 2.18 bits per heavy atom. The van der Waals surface area contributed by atoms with E-state index in [-0.39, 0.29) is 27.8 Å². The number of benzene rings is 1. The van der Waals surface area contributed by atoms with Crippen LogP contribution in [0.15, 0.2) is 27.5 Å². The number of hydrogen-bond acceptors (Lipinski definition) is 5. The van der Waals surface area contributed by atoms with Crippen molar-refractivity contribution in [2.24, 2.45) is 4.40 Å². The van der Waals surface area contributed by atoms with Crippen molar-refractivity contribution in [3.8, 4) is 0 Å². The average Bonchev–Trinajstić information content (AvgIpc) is 2.43. The highest BCUT2D eigenvalue weighted by atomic mass is 32.2. The van der Waals surface area contributed by atoms with Gasteiger partial charge in [0.15, 0.2) is 5.17 Å². The predicted molar refractivity (Wildman–Crippen MR) is 89.8 cm³/mol. The molecule has 0 fully saturated rings.